The van der Waals surface area contributed by atoms with E-state index in [1.165, 1.54) is 0 Å². The third-order valence-corrected chi connectivity index (χ3v) is 9.81. The molecule has 0 aromatic heterocycles. The normalized spacial score (nSPS) is 22.9. The average molecular weight is 604 g/mol. The van der Waals surface area contributed by atoms with Gasteiger partial charge in [-0.05, 0) is 53.1 Å². The summed E-state index contributed by atoms with van der Waals surface area (Å²) in [4.78, 5) is 29.8. The molecule has 232 valence electrons. The van der Waals surface area contributed by atoms with Crippen molar-refractivity contribution in [3.05, 3.63) is 143 Å². The molecule has 0 fully saturated rings. The molecule has 0 aliphatic heterocycles. The Morgan fingerprint density at radius 3 is 1.76 bits per heavy atom. The van der Waals surface area contributed by atoms with Gasteiger partial charge in [0.05, 0.1) is 35.6 Å². The lowest BCUT2D eigenvalue weighted by Gasteiger charge is -2.44. The Bertz CT molecular complexity index is 1600. The van der Waals surface area contributed by atoms with Crippen LogP contribution < -0.4 is 11.5 Å². The molecule has 6 rings (SSSR count). The van der Waals surface area contributed by atoms with Gasteiger partial charge in [0.15, 0.2) is 0 Å². The van der Waals surface area contributed by atoms with E-state index in [0.29, 0.717) is 12.8 Å². The number of nitrogens with two attached hydrogens (primary N) is 2. The largest absolute Gasteiger partial charge is 0.390 e. The van der Waals surface area contributed by atoms with Crippen LogP contribution in [0.5, 0.6) is 0 Å². The first-order chi connectivity index (χ1) is 21.7. The van der Waals surface area contributed by atoms with Crippen LogP contribution in [0.2, 0.25) is 0 Å². The second-order valence-corrected chi connectivity index (χ2v) is 12.8. The van der Waals surface area contributed by atoms with Crippen LogP contribution in [0.1, 0.15) is 71.1 Å². The summed E-state index contributed by atoms with van der Waals surface area (Å²) in [6, 6.07) is 32.6. The Morgan fingerprint density at radius 1 is 0.778 bits per heavy atom. The summed E-state index contributed by atoms with van der Waals surface area (Å²) in [7, 11) is 0. The van der Waals surface area contributed by atoms with Crippen molar-refractivity contribution in [2.24, 2.45) is 11.5 Å². The minimum absolute atomic E-state index is 0.220. The van der Waals surface area contributed by atoms with Gasteiger partial charge in [0, 0.05) is 18.9 Å². The molecule has 0 saturated carbocycles. The number of benzene rings is 4. The van der Waals surface area contributed by atoms with Crippen molar-refractivity contribution in [3.8, 4) is 0 Å². The molecule has 0 radical (unpaired) electrons. The number of primary amides is 1. The molecule has 7 nitrogen and oxygen atoms in total. The van der Waals surface area contributed by atoms with Crippen molar-refractivity contribution >= 4 is 11.8 Å². The summed E-state index contributed by atoms with van der Waals surface area (Å²) in [6.07, 6.45) is -0.395. The summed E-state index contributed by atoms with van der Waals surface area (Å²) < 4.78 is 0. The molecule has 7 atom stereocenters. The van der Waals surface area contributed by atoms with Crippen LogP contribution in [0.15, 0.2) is 109 Å². The van der Waals surface area contributed by atoms with E-state index in [9.17, 15) is 15.0 Å². The molecule has 6 N–H and O–H groups in total. The third-order valence-electron chi connectivity index (χ3n) is 9.81. The smallest absolute Gasteiger partial charge is 0.234 e. The lowest BCUT2D eigenvalue weighted by molar-refractivity contribution is -0.149. The number of aliphatic hydroxyl groups is 2. The monoisotopic (exact) mass is 603 g/mol. The Morgan fingerprint density at radius 2 is 1.24 bits per heavy atom. The van der Waals surface area contributed by atoms with Crippen LogP contribution in [-0.2, 0) is 27.8 Å². The Balaban J connectivity index is 1.44. The van der Waals surface area contributed by atoms with Crippen LogP contribution in [0.25, 0.3) is 0 Å². The molecule has 0 saturated heterocycles. The maximum atomic E-state index is 15.4. The molecule has 45 heavy (non-hydrogen) atoms. The van der Waals surface area contributed by atoms with Gasteiger partial charge in [-0.15, -0.1) is 0 Å². The molecule has 2 amide bonds. The summed E-state index contributed by atoms with van der Waals surface area (Å²) in [6.45, 7) is 1.89. The summed E-state index contributed by atoms with van der Waals surface area (Å²) >= 11 is 0. The van der Waals surface area contributed by atoms with Crippen LogP contribution in [0.4, 0.5) is 0 Å². The molecule has 4 aromatic rings. The zero-order valence-electron chi connectivity index (χ0n) is 25.5. The van der Waals surface area contributed by atoms with Crippen molar-refractivity contribution < 1.29 is 19.8 Å². The lowest BCUT2D eigenvalue weighted by Crippen LogP contribution is -2.53. The summed E-state index contributed by atoms with van der Waals surface area (Å²) in [5.74, 6) is -1.32. The highest BCUT2D eigenvalue weighted by molar-refractivity contribution is 5.89. The quantitative estimate of drug-likeness (QED) is 0.213. The minimum Gasteiger partial charge on any atom is -0.390 e. The van der Waals surface area contributed by atoms with Gasteiger partial charge in [-0.25, -0.2) is 0 Å². The standard InChI is InChI=1S/C38H41N3O4/c1-38(27-16-6-3-7-17-27,23-28(39)22-31(36(40)44)24-12-4-2-5-13-24)37(45)41(34-29-18-10-8-14-25(29)20-32(34)42)35-30-19-11-9-15-26(30)21-33(35)43/h2-19,28,31-35,42-43H,20-23,39H2,1H3,(H2,40,44)/t28-,31?,32-,33-,34+,35+,38-/m1/s1. The number of fused-ring (bicyclic) bond motifs is 2. The van der Waals surface area contributed by atoms with E-state index in [4.69, 9.17) is 11.5 Å². The van der Waals surface area contributed by atoms with Crippen molar-refractivity contribution in [1.82, 2.24) is 4.90 Å². The predicted octanol–water partition coefficient (Wildman–Crippen LogP) is 4.47. The molecule has 0 heterocycles. The molecule has 4 aromatic carbocycles. The summed E-state index contributed by atoms with van der Waals surface area (Å²) in [5.41, 5.74) is 16.8. The zero-order valence-corrected chi connectivity index (χ0v) is 25.5. The Hall–Kier alpha value is -4.30. The first kappa shape index (κ1) is 30.7. The number of rotatable bonds is 10. The maximum Gasteiger partial charge on any atom is 0.234 e. The van der Waals surface area contributed by atoms with Crippen molar-refractivity contribution in [2.45, 2.75) is 74.3 Å². The predicted molar refractivity (Wildman–Crippen MR) is 174 cm³/mol. The van der Waals surface area contributed by atoms with Crippen LogP contribution in [0, 0.1) is 0 Å². The highest BCUT2D eigenvalue weighted by Gasteiger charge is 2.51. The van der Waals surface area contributed by atoms with Crippen molar-refractivity contribution in [1.29, 1.82) is 0 Å². The Labute approximate surface area is 264 Å². The van der Waals surface area contributed by atoms with E-state index in [1.54, 1.807) is 4.90 Å². The second kappa shape index (κ2) is 12.6. The number of aliphatic hydroxyl groups excluding tert-OH is 2. The van der Waals surface area contributed by atoms with Crippen molar-refractivity contribution in [3.63, 3.8) is 0 Å². The fraction of sp³-hybridized carbons (Fsp3) is 0.316. The number of hydrogen-bond donors (Lipinski definition) is 4. The number of carbonyl (C=O) groups is 2. The van der Waals surface area contributed by atoms with Crippen LogP contribution in [0.3, 0.4) is 0 Å². The molecule has 2 aliphatic carbocycles. The molecular formula is C38H41N3O4. The highest BCUT2D eigenvalue weighted by atomic mass is 16.3. The topological polar surface area (TPSA) is 130 Å². The number of amides is 2. The third kappa shape index (κ3) is 5.79. The van der Waals surface area contributed by atoms with Crippen LogP contribution in [-0.4, -0.2) is 45.2 Å². The SMILES string of the molecule is C[C@](C[C@H](N)CC(C(N)=O)c1ccccc1)(C(=O)N([C@H]1c2ccccc2C[C@H]1O)[C@H]1c2ccccc2C[C@H]1O)c1ccccc1. The van der Waals surface area contributed by atoms with Gasteiger partial charge in [-0.1, -0.05) is 109 Å². The fourth-order valence-corrected chi connectivity index (χ4v) is 7.63. The molecule has 7 heteroatoms. The van der Waals surface area contributed by atoms with Gasteiger partial charge in [-0.2, -0.15) is 0 Å². The molecule has 0 bridgehead atoms. The van der Waals surface area contributed by atoms with Crippen LogP contribution >= 0.6 is 0 Å². The van der Waals surface area contributed by atoms with Gasteiger partial charge >= 0.3 is 0 Å². The van der Waals surface area contributed by atoms with Gasteiger partial charge in [0.2, 0.25) is 11.8 Å². The first-order valence-electron chi connectivity index (χ1n) is 15.7. The van der Waals surface area contributed by atoms with E-state index in [0.717, 1.165) is 33.4 Å². The van der Waals surface area contributed by atoms with E-state index in [2.05, 4.69) is 0 Å². The maximum absolute atomic E-state index is 15.4. The lowest BCUT2D eigenvalue weighted by atomic mass is 9.73. The van der Waals surface area contributed by atoms with Gasteiger partial charge in [0.25, 0.3) is 0 Å². The number of nitrogens with zero attached hydrogens (tertiary/aromatic N) is 1. The Kier molecular flexibility index (Phi) is 8.60. The molecular weight excluding hydrogens is 562 g/mol. The zero-order chi connectivity index (χ0) is 31.7. The molecule has 2 aliphatic rings. The molecule has 1 unspecified atom stereocenters. The average Bonchev–Trinajstić information content (AvgIpc) is 3.56. The minimum atomic E-state index is -1.16. The van der Waals surface area contributed by atoms with Gasteiger partial charge in [-0.3, -0.25) is 9.59 Å². The van der Waals surface area contributed by atoms with E-state index < -0.39 is 47.6 Å². The van der Waals surface area contributed by atoms with Gasteiger partial charge in [0.1, 0.15) is 0 Å². The number of carbonyl (C=O) groups excluding carboxylic acids is 2. The number of hydrogen-bond acceptors (Lipinski definition) is 5. The fourth-order valence-electron chi connectivity index (χ4n) is 7.63. The first-order valence-corrected chi connectivity index (χ1v) is 15.7. The van der Waals surface area contributed by atoms with E-state index in [1.807, 2.05) is 116 Å². The van der Waals surface area contributed by atoms with E-state index in [-0.39, 0.29) is 18.7 Å². The molecule has 0 spiro atoms. The van der Waals surface area contributed by atoms with Crippen molar-refractivity contribution in [2.75, 3.05) is 0 Å². The highest BCUT2D eigenvalue weighted by Crippen LogP contribution is 2.48. The second-order valence-electron chi connectivity index (χ2n) is 12.8. The van der Waals surface area contributed by atoms with Gasteiger partial charge < -0.3 is 26.6 Å². The van der Waals surface area contributed by atoms with E-state index >= 15 is 4.79 Å². The summed E-state index contributed by atoms with van der Waals surface area (Å²) in [5, 5.41) is 23.2.